The van der Waals surface area contributed by atoms with Crippen LogP contribution in [0, 0.1) is 15.9 Å². The maximum atomic E-state index is 14.4. The molecule has 1 aromatic heterocycles. The van der Waals surface area contributed by atoms with E-state index in [9.17, 15) is 19.1 Å². The molecule has 166 valence electrons. The summed E-state index contributed by atoms with van der Waals surface area (Å²) in [5, 5.41) is 17.1. The molecule has 1 heterocycles. The lowest BCUT2D eigenvalue weighted by Crippen LogP contribution is -2.26. The molecule has 0 aliphatic heterocycles. The third-order valence-corrected chi connectivity index (χ3v) is 6.16. The van der Waals surface area contributed by atoms with Crippen LogP contribution in [0.25, 0.3) is 0 Å². The van der Waals surface area contributed by atoms with Crippen LogP contribution in [0.3, 0.4) is 0 Å². The molecule has 2 rings (SSSR count). The fourth-order valence-corrected chi connectivity index (χ4v) is 4.46. The van der Waals surface area contributed by atoms with E-state index in [2.05, 4.69) is 31.1 Å². The Morgan fingerprint density at radius 1 is 1.33 bits per heavy atom. The van der Waals surface area contributed by atoms with Crippen molar-refractivity contribution in [3.05, 3.63) is 51.6 Å². The molecule has 1 atom stereocenters. The van der Waals surface area contributed by atoms with Crippen LogP contribution in [0.1, 0.15) is 24.6 Å². The first kappa shape index (κ1) is 24.4. The predicted molar refractivity (Wildman–Crippen MR) is 113 cm³/mol. The molecule has 0 aliphatic rings. The predicted octanol–water partition coefficient (Wildman–Crippen LogP) is 3.66. The molecular formula is C17H24BrFN5O5P. The van der Waals surface area contributed by atoms with E-state index in [1.807, 2.05) is 6.92 Å². The van der Waals surface area contributed by atoms with E-state index >= 15 is 0 Å². The van der Waals surface area contributed by atoms with Crippen molar-refractivity contribution in [3.63, 3.8) is 0 Å². The second-order valence-corrected chi connectivity index (χ2v) is 9.04. The lowest BCUT2D eigenvalue weighted by Gasteiger charge is -2.20. The van der Waals surface area contributed by atoms with Crippen molar-refractivity contribution < 1.29 is 23.1 Å². The minimum Gasteiger partial charge on any atom is -0.483 e. The Balaban J connectivity index is 1.99. The van der Waals surface area contributed by atoms with Gasteiger partial charge in [-0.05, 0) is 29.0 Å². The van der Waals surface area contributed by atoms with Crippen molar-refractivity contribution in [2.24, 2.45) is 7.05 Å². The van der Waals surface area contributed by atoms with Gasteiger partial charge in [-0.15, -0.1) is 0 Å². The van der Waals surface area contributed by atoms with Crippen LogP contribution in [0.15, 0.2) is 24.4 Å². The van der Waals surface area contributed by atoms with Crippen LogP contribution in [0.2, 0.25) is 0 Å². The molecule has 13 heteroatoms. The number of rotatable bonds is 13. The number of alkyl halides is 1. The van der Waals surface area contributed by atoms with Crippen LogP contribution < -0.4 is 14.9 Å². The quantitative estimate of drug-likeness (QED) is 0.182. The maximum absolute atomic E-state index is 14.4. The van der Waals surface area contributed by atoms with Gasteiger partial charge in [-0.25, -0.2) is 19.1 Å². The van der Waals surface area contributed by atoms with E-state index in [-0.39, 0.29) is 24.9 Å². The summed E-state index contributed by atoms with van der Waals surface area (Å²) in [6.45, 7) is 2.76. The van der Waals surface area contributed by atoms with Gasteiger partial charge < -0.3 is 19.4 Å². The van der Waals surface area contributed by atoms with Crippen LogP contribution in [-0.2, 0) is 29.4 Å². The fourth-order valence-electron chi connectivity index (χ4n) is 2.40. The summed E-state index contributed by atoms with van der Waals surface area (Å²) < 4.78 is 39.4. The molecule has 0 radical (unpaired) electrons. The van der Waals surface area contributed by atoms with Crippen LogP contribution >= 0.6 is 23.6 Å². The van der Waals surface area contributed by atoms with Crippen molar-refractivity contribution in [2.45, 2.75) is 26.6 Å². The number of aromatic nitrogens is 2. The number of ether oxygens (including phenoxy) is 1. The molecule has 30 heavy (non-hydrogen) atoms. The molecule has 2 aromatic rings. The molecule has 0 bridgehead atoms. The number of benzene rings is 1. The zero-order valence-corrected chi connectivity index (χ0v) is 19.1. The van der Waals surface area contributed by atoms with E-state index in [1.165, 1.54) is 29.9 Å². The third kappa shape index (κ3) is 6.85. The number of nitrogens with one attached hydrogen (secondary N) is 2. The molecule has 0 saturated carbocycles. The summed E-state index contributed by atoms with van der Waals surface area (Å²) >= 11 is 3.26. The summed E-state index contributed by atoms with van der Waals surface area (Å²) in [6.07, 6.45) is 2.09. The van der Waals surface area contributed by atoms with E-state index in [4.69, 9.17) is 9.26 Å². The Hall–Kier alpha value is -1.85. The highest BCUT2D eigenvalue weighted by molar-refractivity contribution is 9.09. The summed E-state index contributed by atoms with van der Waals surface area (Å²) in [4.78, 5) is 13.9. The lowest BCUT2D eigenvalue weighted by molar-refractivity contribution is -0.396. The molecule has 2 N–H and O–H groups in total. The normalized spacial score (nSPS) is 13.2. The van der Waals surface area contributed by atoms with Gasteiger partial charge in [-0.3, -0.25) is 4.57 Å². The SMILES string of the molecule is CCCNP(=O)(NCCBr)OCc1ccc(OCc2cnc([N+](=O)[O-])n2C)c(F)c1. The number of hydrogen-bond acceptors (Lipinski definition) is 6. The number of hydrogen-bond donors (Lipinski definition) is 2. The molecule has 0 saturated heterocycles. The van der Waals surface area contributed by atoms with Crippen molar-refractivity contribution in [3.8, 4) is 5.75 Å². The first-order valence-electron chi connectivity index (χ1n) is 9.16. The van der Waals surface area contributed by atoms with Gasteiger partial charge in [0.25, 0.3) is 0 Å². The van der Waals surface area contributed by atoms with Crippen molar-refractivity contribution in [2.75, 3.05) is 18.4 Å². The Morgan fingerprint density at radius 3 is 2.67 bits per heavy atom. The van der Waals surface area contributed by atoms with Gasteiger partial charge in [0.2, 0.25) is 0 Å². The average molecular weight is 508 g/mol. The van der Waals surface area contributed by atoms with E-state index in [1.54, 1.807) is 6.07 Å². The standard InChI is InChI=1S/C17H24BrFN5O5P/c1-3-7-21-30(27,22-8-6-18)29-11-13-4-5-16(15(19)9-13)28-12-14-10-20-17(23(14)2)24(25)26/h4-5,9-10H,3,6-8,11-12H2,1-2H3,(H2,21,22,27). The topological polar surface area (TPSA) is 121 Å². The molecular weight excluding hydrogens is 484 g/mol. The Labute approximate surface area is 182 Å². The Kier molecular flexibility index (Phi) is 9.37. The molecule has 0 amide bonds. The van der Waals surface area contributed by atoms with Gasteiger partial charge in [-0.2, -0.15) is 0 Å². The van der Waals surface area contributed by atoms with Crippen LogP contribution in [0.4, 0.5) is 10.3 Å². The second-order valence-electron chi connectivity index (χ2n) is 6.25. The summed E-state index contributed by atoms with van der Waals surface area (Å²) in [5.41, 5.74) is 0.907. The molecule has 0 fully saturated rings. The minimum atomic E-state index is -3.26. The number of nitrogens with zero attached hydrogens (tertiary/aromatic N) is 3. The van der Waals surface area contributed by atoms with Crippen LogP contribution in [-0.4, -0.2) is 32.9 Å². The molecule has 0 aliphatic carbocycles. The lowest BCUT2D eigenvalue weighted by atomic mass is 10.2. The maximum Gasteiger partial charge on any atom is 0.434 e. The van der Waals surface area contributed by atoms with E-state index in [0.29, 0.717) is 29.7 Å². The number of imidazole rings is 1. The monoisotopic (exact) mass is 507 g/mol. The fraction of sp³-hybridized carbons (Fsp3) is 0.471. The summed E-state index contributed by atoms with van der Waals surface area (Å²) in [6, 6.07) is 4.25. The van der Waals surface area contributed by atoms with Gasteiger partial charge in [-0.1, -0.05) is 33.9 Å². The van der Waals surface area contributed by atoms with Crippen molar-refractivity contribution in [1.82, 2.24) is 19.7 Å². The number of halogens is 2. The number of nitro groups is 1. The first-order valence-corrected chi connectivity index (χ1v) is 11.9. The molecule has 1 aromatic carbocycles. The van der Waals surface area contributed by atoms with Crippen LogP contribution in [0.5, 0.6) is 5.75 Å². The van der Waals surface area contributed by atoms with Crippen molar-refractivity contribution in [1.29, 1.82) is 0 Å². The molecule has 0 spiro atoms. The Bertz CT molecular complexity index is 901. The third-order valence-electron chi connectivity index (χ3n) is 3.99. The average Bonchev–Trinajstić information content (AvgIpc) is 3.09. The highest BCUT2D eigenvalue weighted by Crippen LogP contribution is 2.38. The van der Waals surface area contributed by atoms with Gasteiger partial charge in [0.05, 0.1) is 13.7 Å². The summed E-state index contributed by atoms with van der Waals surface area (Å²) in [5.74, 6) is -0.971. The minimum absolute atomic E-state index is 0.0210. The van der Waals surface area contributed by atoms with E-state index in [0.717, 1.165) is 6.42 Å². The zero-order chi connectivity index (χ0) is 22.1. The van der Waals surface area contributed by atoms with Crippen molar-refractivity contribution >= 4 is 29.5 Å². The van der Waals surface area contributed by atoms with Gasteiger partial charge >= 0.3 is 13.6 Å². The smallest absolute Gasteiger partial charge is 0.434 e. The highest BCUT2D eigenvalue weighted by atomic mass is 79.9. The highest BCUT2D eigenvalue weighted by Gasteiger charge is 2.22. The van der Waals surface area contributed by atoms with Gasteiger partial charge in [0.1, 0.15) is 12.8 Å². The van der Waals surface area contributed by atoms with Gasteiger partial charge in [0, 0.05) is 18.4 Å². The summed E-state index contributed by atoms with van der Waals surface area (Å²) in [7, 11) is -1.78. The Morgan fingerprint density at radius 2 is 2.07 bits per heavy atom. The molecule has 10 nitrogen and oxygen atoms in total. The van der Waals surface area contributed by atoms with Gasteiger partial charge in [0.15, 0.2) is 17.3 Å². The van der Waals surface area contributed by atoms with E-state index < -0.39 is 18.4 Å². The second kappa shape index (κ2) is 11.5. The zero-order valence-electron chi connectivity index (χ0n) is 16.6. The largest absolute Gasteiger partial charge is 0.483 e. The first-order chi connectivity index (χ1) is 14.3. The molecule has 1 unspecified atom stereocenters.